The van der Waals surface area contributed by atoms with Gasteiger partial charge < -0.3 is 0 Å². The van der Waals surface area contributed by atoms with Crippen molar-refractivity contribution in [3.63, 3.8) is 0 Å². The van der Waals surface area contributed by atoms with Gasteiger partial charge in [0.05, 0.1) is 4.83 Å². The van der Waals surface area contributed by atoms with E-state index >= 15 is 0 Å². The molecule has 1 atom stereocenters. The van der Waals surface area contributed by atoms with E-state index in [-0.39, 0.29) is 0 Å². The summed E-state index contributed by atoms with van der Waals surface area (Å²) in [7, 11) is 0. The third kappa shape index (κ3) is 2.72. The standard InChI is InChI=1S/C13H7BrF4/c14-13(7-1-2-11(17)12(18)5-7)8-3-9(15)6-10(16)4-8/h1-6,13H. The van der Waals surface area contributed by atoms with Crippen LogP contribution in [-0.4, -0.2) is 0 Å². The molecule has 0 saturated carbocycles. The highest BCUT2D eigenvalue weighted by molar-refractivity contribution is 9.09. The Bertz CT molecular complexity index is 563. The topological polar surface area (TPSA) is 0 Å². The van der Waals surface area contributed by atoms with Gasteiger partial charge in [-0.25, -0.2) is 17.6 Å². The summed E-state index contributed by atoms with van der Waals surface area (Å²) in [6, 6.07) is 6.30. The van der Waals surface area contributed by atoms with Gasteiger partial charge in [-0.1, -0.05) is 22.0 Å². The average Bonchev–Trinajstić information content (AvgIpc) is 2.30. The van der Waals surface area contributed by atoms with Crippen molar-refractivity contribution in [1.82, 2.24) is 0 Å². The smallest absolute Gasteiger partial charge is 0.159 e. The molecule has 2 rings (SSSR count). The molecule has 0 N–H and O–H groups in total. The van der Waals surface area contributed by atoms with E-state index in [9.17, 15) is 17.6 Å². The maximum atomic E-state index is 13.1. The fourth-order valence-corrected chi connectivity index (χ4v) is 2.13. The number of halogens is 5. The zero-order valence-electron chi connectivity index (χ0n) is 8.93. The van der Waals surface area contributed by atoms with Crippen LogP contribution in [0.1, 0.15) is 16.0 Å². The van der Waals surface area contributed by atoms with Gasteiger partial charge in [-0.15, -0.1) is 0 Å². The highest BCUT2D eigenvalue weighted by atomic mass is 79.9. The van der Waals surface area contributed by atoms with Crippen LogP contribution in [0.25, 0.3) is 0 Å². The molecule has 0 aromatic heterocycles. The first-order valence-electron chi connectivity index (χ1n) is 5.02. The van der Waals surface area contributed by atoms with E-state index in [2.05, 4.69) is 15.9 Å². The van der Waals surface area contributed by atoms with Crippen molar-refractivity contribution in [1.29, 1.82) is 0 Å². The second-order valence-corrected chi connectivity index (χ2v) is 4.65. The largest absolute Gasteiger partial charge is 0.207 e. The van der Waals surface area contributed by atoms with Crippen molar-refractivity contribution >= 4 is 15.9 Å². The fraction of sp³-hybridized carbons (Fsp3) is 0.0769. The molecule has 0 bridgehead atoms. The van der Waals surface area contributed by atoms with Crippen LogP contribution in [0.5, 0.6) is 0 Å². The molecule has 0 heterocycles. The third-order valence-electron chi connectivity index (χ3n) is 2.41. The maximum Gasteiger partial charge on any atom is 0.159 e. The zero-order chi connectivity index (χ0) is 13.3. The quantitative estimate of drug-likeness (QED) is 0.555. The van der Waals surface area contributed by atoms with Crippen molar-refractivity contribution in [2.45, 2.75) is 4.83 Å². The Balaban J connectivity index is 2.40. The summed E-state index contributed by atoms with van der Waals surface area (Å²) in [5.74, 6) is -3.42. The Morgan fingerprint density at radius 2 is 1.33 bits per heavy atom. The fourth-order valence-electron chi connectivity index (χ4n) is 1.58. The Labute approximate surface area is 109 Å². The molecule has 0 aliphatic heterocycles. The van der Waals surface area contributed by atoms with Crippen molar-refractivity contribution in [2.24, 2.45) is 0 Å². The molecule has 0 radical (unpaired) electrons. The van der Waals surface area contributed by atoms with Gasteiger partial charge in [0, 0.05) is 6.07 Å². The van der Waals surface area contributed by atoms with Crippen LogP contribution in [0.15, 0.2) is 36.4 Å². The van der Waals surface area contributed by atoms with Gasteiger partial charge in [0.1, 0.15) is 11.6 Å². The van der Waals surface area contributed by atoms with Crippen LogP contribution in [0.3, 0.4) is 0 Å². The average molecular weight is 319 g/mol. The SMILES string of the molecule is Fc1cc(F)cc(C(Br)c2ccc(F)c(F)c2)c1. The summed E-state index contributed by atoms with van der Waals surface area (Å²) >= 11 is 3.20. The summed E-state index contributed by atoms with van der Waals surface area (Å²) in [6.45, 7) is 0. The van der Waals surface area contributed by atoms with Gasteiger partial charge in [-0.05, 0) is 35.4 Å². The second kappa shape index (κ2) is 5.10. The molecule has 0 nitrogen and oxygen atoms in total. The van der Waals surface area contributed by atoms with Crippen molar-refractivity contribution < 1.29 is 17.6 Å². The van der Waals surface area contributed by atoms with Crippen LogP contribution in [0.2, 0.25) is 0 Å². The predicted octanol–water partition coefficient (Wildman–Crippen LogP) is 4.73. The number of rotatable bonds is 2. The first kappa shape index (κ1) is 13.1. The van der Waals surface area contributed by atoms with Crippen molar-refractivity contribution in [3.8, 4) is 0 Å². The van der Waals surface area contributed by atoms with Crippen LogP contribution >= 0.6 is 15.9 Å². The summed E-state index contributed by atoms with van der Waals surface area (Å²) in [5.41, 5.74) is 0.664. The minimum absolute atomic E-state index is 0.290. The Morgan fingerprint density at radius 3 is 1.89 bits per heavy atom. The van der Waals surface area contributed by atoms with Gasteiger partial charge in [0.2, 0.25) is 0 Å². The molecule has 0 amide bonds. The van der Waals surface area contributed by atoms with E-state index in [4.69, 9.17) is 0 Å². The van der Waals surface area contributed by atoms with E-state index in [1.54, 1.807) is 0 Å². The molecule has 1 unspecified atom stereocenters. The van der Waals surface area contributed by atoms with Crippen LogP contribution in [0.4, 0.5) is 17.6 Å². The number of hydrogen-bond donors (Lipinski definition) is 0. The van der Waals surface area contributed by atoms with Gasteiger partial charge in [-0.3, -0.25) is 0 Å². The minimum Gasteiger partial charge on any atom is -0.207 e. The molecule has 0 saturated heterocycles. The first-order chi connectivity index (χ1) is 8.47. The highest BCUT2D eigenvalue weighted by Crippen LogP contribution is 2.32. The van der Waals surface area contributed by atoms with E-state index in [1.807, 2.05) is 0 Å². The molecule has 0 aliphatic carbocycles. The minimum atomic E-state index is -1.01. The van der Waals surface area contributed by atoms with Crippen LogP contribution in [0, 0.1) is 23.3 Å². The molecule has 2 aromatic rings. The Kier molecular flexibility index (Phi) is 3.71. The monoisotopic (exact) mass is 318 g/mol. The maximum absolute atomic E-state index is 13.1. The first-order valence-corrected chi connectivity index (χ1v) is 5.94. The molecule has 2 aromatic carbocycles. The van der Waals surface area contributed by atoms with E-state index in [1.165, 1.54) is 6.07 Å². The lowest BCUT2D eigenvalue weighted by atomic mass is 10.0. The van der Waals surface area contributed by atoms with Gasteiger partial charge in [0.25, 0.3) is 0 Å². The molecule has 5 heteroatoms. The summed E-state index contributed by atoms with van der Waals surface area (Å²) in [6.07, 6.45) is 0. The lowest BCUT2D eigenvalue weighted by Gasteiger charge is -2.11. The number of benzene rings is 2. The van der Waals surface area contributed by atoms with Gasteiger partial charge >= 0.3 is 0 Å². The summed E-state index contributed by atoms with van der Waals surface area (Å²) in [4.78, 5) is -0.613. The zero-order valence-corrected chi connectivity index (χ0v) is 10.5. The van der Waals surface area contributed by atoms with E-state index in [0.717, 1.165) is 30.3 Å². The summed E-state index contributed by atoms with van der Waals surface area (Å²) in [5, 5.41) is 0. The highest BCUT2D eigenvalue weighted by Gasteiger charge is 2.14. The lowest BCUT2D eigenvalue weighted by molar-refractivity contribution is 0.507. The number of alkyl halides is 1. The molecule has 0 spiro atoms. The molecule has 0 aliphatic rings. The molecule has 18 heavy (non-hydrogen) atoms. The second-order valence-electron chi connectivity index (χ2n) is 3.74. The molecular weight excluding hydrogens is 312 g/mol. The Morgan fingerprint density at radius 1 is 0.722 bits per heavy atom. The normalized spacial score (nSPS) is 12.5. The third-order valence-corrected chi connectivity index (χ3v) is 3.47. The lowest BCUT2D eigenvalue weighted by Crippen LogP contribution is -1.97. The van der Waals surface area contributed by atoms with Crippen LogP contribution in [-0.2, 0) is 0 Å². The van der Waals surface area contributed by atoms with Gasteiger partial charge in [0.15, 0.2) is 11.6 Å². The molecular formula is C13H7BrF4. The molecule has 0 fully saturated rings. The van der Waals surface area contributed by atoms with Gasteiger partial charge in [-0.2, -0.15) is 0 Å². The Hall–Kier alpha value is -1.36. The van der Waals surface area contributed by atoms with E-state index in [0.29, 0.717) is 11.1 Å². The van der Waals surface area contributed by atoms with Crippen molar-refractivity contribution in [2.75, 3.05) is 0 Å². The van der Waals surface area contributed by atoms with E-state index < -0.39 is 28.1 Å². The van der Waals surface area contributed by atoms with Crippen LogP contribution < -0.4 is 0 Å². The summed E-state index contributed by atoms with van der Waals surface area (Å²) < 4.78 is 52.0. The molecule has 94 valence electrons. The predicted molar refractivity (Wildman–Crippen MR) is 63.5 cm³/mol. The van der Waals surface area contributed by atoms with Crippen molar-refractivity contribution in [3.05, 3.63) is 70.8 Å². The number of hydrogen-bond acceptors (Lipinski definition) is 0.